The number of benzene rings is 8. The zero-order valence-electron chi connectivity index (χ0n) is 41.8. The van der Waals surface area contributed by atoms with E-state index in [9.17, 15) is 0 Å². The molecule has 0 unspecified atom stereocenters. The summed E-state index contributed by atoms with van der Waals surface area (Å²) in [5.41, 5.74) is 11.9. The molecule has 0 N–H and O–H groups in total. The summed E-state index contributed by atoms with van der Waals surface area (Å²) in [7, 11) is 0. The third-order valence-corrected chi connectivity index (χ3v) is 13.1. The molecule has 10 nitrogen and oxygen atoms in total. The molecule has 0 radical (unpaired) electrons. The predicted molar refractivity (Wildman–Crippen MR) is 303 cm³/mol. The van der Waals surface area contributed by atoms with Gasteiger partial charge >= 0.3 is 37.7 Å². The van der Waals surface area contributed by atoms with Crippen LogP contribution in [0.5, 0.6) is 0 Å². The van der Waals surface area contributed by atoms with Crippen molar-refractivity contribution in [1.82, 2.24) is 0 Å². The second kappa shape index (κ2) is 25.2. The van der Waals surface area contributed by atoms with Crippen LogP contribution in [0.1, 0.15) is 44.5 Å². The van der Waals surface area contributed by atoms with Crippen molar-refractivity contribution in [2.24, 2.45) is 20.0 Å². The Balaban J connectivity index is 0.000000169. The van der Waals surface area contributed by atoms with Crippen LogP contribution < -0.4 is 0 Å². The average Bonchev–Trinajstić information content (AvgIpc) is 4.31. The minimum Gasteiger partial charge on any atom is -0.657 e. The summed E-state index contributed by atoms with van der Waals surface area (Å²) >= 11 is 0. The maximum atomic E-state index is 6.04. The minimum absolute atomic E-state index is 0. The molecule has 4 aliphatic heterocycles. The molecule has 11 heteroatoms. The zero-order valence-corrected chi connectivity index (χ0v) is 44.0. The number of rotatable bonds is 16. The number of ether oxygens (including phenoxy) is 4. The average molecular weight is 1010 g/mol. The number of aliphatic imine (C=N–C) groups is 4. The van der Waals surface area contributed by atoms with Crippen LogP contribution in [-0.2, 0) is 44.6 Å². The second-order valence-corrected chi connectivity index (χ2v) is 18.6. The second-order valence-electron chi connectivity index (χ2n) is 18.6. The molecule has 0 aliphatic carbocycles. The van der Waals surface area contributed by atoms with E-state index in [2.05, 4.69) is 97.1 Å². The predicted octanol–water partition coefficient (Wildman–Crippen LogP) is 13.2. The van der Waals surface area contributed by atoms with E-state index in [1.54, 1.807) is 0 Å². The first-order valence-corrected chi connectivity index (χ1v) is 25.4. The van der Waals surface area contributed by atoms with Gasteiger partial charge < -0.3 is 29.6 Å². The summed E-state index contributed by atoms with van der Waals surface area (Å²) in [5.74, 6) is 2.59. The molecule has 0 fully saturated rings. The summed E-state index contributed by atoms with van der Waals surface area (Å²) in [5, 5.41) is 10.1. The van der Waals surface area contributed by atoms with Crippen LogP contribution in [0.15, 0.2) is 238 Å². The monoisotopic (exact) mass is 1010 g/mol. The number of para-hydroxylation sites is 4. The van der Waals surface area contributed by atoms with Gasteiger partial charge in [-0.3, -0.25) is 0 Å². The van der Waals surface area contributed by atoms with Crippen LogP contribution in [0.25, 0.3) is 10.6 Å². The van der Waals surface area contributed by atoms with E-state index < -0.39 is 0 Å². The fourth-order valence-electron chi connectivity index (χ4n) is 9.48. The van der Waals surface area contributed by atoms with Crippen LogP contribution in [0, 0.1) is 0 Å². The van der Waals surface area contributed by atoms with Gasteiger partial charge in [-0.15, -0.1) is 22.7 Å². The summed E-state index contributed by atoms with van der Waals surface area (Å²) in [6, 6.07) is 74.0. The van der Waals surface area contributed by atoms with E-state index in [0.717, 1.165) is 70.7 Å². The molecule has 4 heterocycles. The number of hydrogen-bond acceptors (Lipinski definition) is 8. The first-order chi connectivity index (χ1) is 36.6. The molecule has 12 rings (SSSR count). The van der Waals surface area contributed by atoms with Gasteiger partial charge in [0.15, 0.2) is 0 Å². The molecule has 0 saturated heterocycles. The van der Waals surface area contributed by atoms with Gasteiger partial charge in [-0.1, -0.05) is 218 Å². The van der Waals surface area contributed by atoms with E-state index in [-0.39, 0.29) is 61.9 Å². The van der Waals surface area contributed by atoms with Crippen molar-refractivity contribution in [2.45, 2.75) is 49.9 Å². The summed E-state index contributed by atoms with van der Waals surface area (Å²) in [6.07, 6.45) is 3.42. The minimum atomic E-state index is 0. The number of hydrogen-bond donors (Lipinski definition) is 0. The van der Waals surface area contributed by atoms with Gasteiger partial charge in [0.25, 0.3) is 0 Å². The molecule has 0 spiro atoms. The molecule has 8 aromatic rings. The van der Waals surface area contributed by atoms with Gasteiger partial charge in [-0.25, -0.2) is 20.0 Å². The third kappa shape index (κ3) is 13.2. The maximum absolute atomic E-state index is 6.04. The fraction of sp³-hybridized carbons (Fsp3) is 0.188. The van der Waals surface area contributed by atoms with Crippen LogP contribution in [0.2, 0.25) is 0 Å². The van der Waals surface area contributed by atoms with Crippen molar-refractivity contribution in [2.75, 3.05) is 26.4 Å². The van der Waals surface area contributed by atoms with Crippen molar-refractivity contribution >= 4 is 84.1 Å². The first kappa shape index (κ1) is 51.0. The van der Waals surface area contributed by atoms with Crippen molar-refractivity contribution < 1.29 is 18.9 Å². The molecule has 0 saturated carbocycles. The summed E-state index contributed by atoms with van der Waals surface area (Å²) in [6.45, 7) is 2.29. The van der Waals surface area contributed by atoms with E-state index >= 15 is 0 Å². The SMILES string of the molecule is [Ca+2].c1ccc(C[C@H]2COC(c3ccccc3[N-]c3ccccc3C3=N[C@@H](Cc4ccccc4)CO3)=N2)cc1.c1ccc(C[C@H]2COC(c3ccccc3[N-]c3ccccc3C3=N[C@@H](Cc4ccccc4)CO3)=N2)cc1. The Morgan fingerprint density at radius 3 is 0.707 bits per heavy atom. The number of nitrogens with zero attached hydrogens (tertiary/aromatic N) is 6. The van der Waals surface area contributed by atoms with Gasteiger partial charge in [0.1, 0.15) is 26.4 Å². The van der Waals surface area contributed by atoms with Crippen molar-refractivity contribution in [3.8, 4) is 0 Å². The Morgan fingerprint density at radius 1 is 0.280 bits per heavy atom. The molecule has 0 bridgehead atoms. The fourth-order valence-corrected chi connectivity index (χ4v) is 9.48. The first-order valence-electron chi connectivity index (χ1n) is 25.4. The van der Waals surface area contributed by atoms with E-state index in [0.29, 0.717) is 50.0 Å². The summed E-state index contributed by atoms with van der Waals surface area (Å²) in [4.78, 5) is 19.6. The Morgan fingerprint density at radius 2 is 0.480 bits per heavy atom. The van der Waals surface area contributed by atoms with E-state index in [1.807, 2.05) is 121 Å². The molecule has 4 atom stereocenters. The van der Waals surface area contributed by atoms with Crippen molar-refractivity contribution in [3.63, 3.8) is 0 Å². The Bertz CT molecular complexity index is 2840. The Kier molecular flexibility index (Phi) is 17.1. The van der Waals surface area contributed by atoms with Crippen LogP contribution in [0.4, 0.5) is 22.7 Å². The molecular weight excluding hydrogens is 957 g/mol. The normalized spacial score (nSPS) is 18.2. The zero-order chi connectivity index (χ0) is 49.7. The smallest absolute Gasteiger partial charge is 0.657 e. The summed E-state index contributed by atoms with van der Waals surface area (Å²) < 4.78 is 24.2. The third-order valence-electron chi connectivity index (χ3n) is 13.1. The van der Waals surface area contributed by atoms with Crippen LogP contribution in [-0.4, -0.2) is 112 Å². The van der Waals surface area contributed by atoms with Gasteiger partial charge in [-0.05, 0) is 47.9 Å². The molecule has 8 aromatic carbocycles. The van der Waals surface area contributed by atoms with Gasteiger partial charge in [0.05, 0.1) is 24.2 Å². The molecule has 0 amide bonds. The molecule has 368 valence electrons. The maximum Gasteiger partial charge on any atom is 2.00 e. The van der Waals surface area contributed by atoms with Gasteiger partial charge in [-0.2, -0.15) is 0 Å². The molecule has 75 heavy (non-hydrogen) atoms. The standard InChI is InChI=1S/2C32H28N3O2.Ca/c2*1-3-11-23(12-4-1)19-25-21-36-31(33-25)27-15-7-9-17-29(27)35-30-18-10-8-16-28(30)32-34-26(22-37-32)20-24-13-5-2-6-14-24;/h2*1-18,25-26H,19-22H2;/q2*-1;+2/t2*25-,26-;/m00./s1. The van der Waals surface area contributed by atoms with Crippen LogP contribution in [0.3, 0.4) is 0 Å². The van der Waals surface area contributed by atoms with Crippen molar-refractivity contribution in [1.29, 1.82) is 0 Å². The molecular formula is C64H56CaN6O4. The van der Waals surface area contributed by atoms with E-state index in [4.69, 9.17) is 49.6 Å². The van der Waals surface area contributed by atoms with Crippen molar-refractivity contribution in [3.05, 3.63) is 274 Å². The quantitative estimate of drug-likeness (QED) is 0.0897. The molecule has 0 aromatic heterocycles. The topological polar surface area (TPSA) is 115 Å². The largest absolute Gasteiger partial charge is 2.00 e. The van der Waals surface area contributed by atoms with Crippen LogP contribution >= 0.6 is 0 Å². The molecule has 4 aliphatic rings. The van der Waals surface area contributed by atoms with E-state index in [1.165, 1.54) is 22.3 Å². The van der Waals surface area contributed by atoms with Gasteiger partial charge in [0.2, 0.25) is 23.6 Å². The van der Waals surface area contributed by atoms with Gasteiger partial charge in [0, 0.05) is 22.3 Å². The Hall–Kier alpha value is -7.50. The Labute approximate surface area is 469 Å².